The second kappa shape index (κ2) is 3.20. The van der Waals surface area contributed by atoms with Crippen molar-refractivity contribution in [1.29, 1.82) is 0 Å². The molecule has 1 aliphatic heterocycles. The van der Waals surface area contributed by atoms with Gasteiger partial charge in [0.1, 0.15) is 5.71 Å². The van der Waals surface area contributed by atoms with Crippen molar-refractivity contribution in [2.75, 3.05) is 0 Å². The van der Waals surface area contributed by atoms with Gasteiger partial charge in [-0.05, 0) is 11.0 Å². The van der Waals surface area contributed by atoms with Crippen molar-refractivity contribution >= 4 is 11.7 Å². The zero-order chi connectivity index (χ0) is 10.1. The lowest BCUT2D eigenvalue weighted by molar-refractivity contribution is -0.129. The van der Waals surface area contributed by atoms with E-state index in [0.717, 1.165) is 5.57 Å². The Kier molecular flexibility index (Phi) is 2.40. The van der Waals surface area contributed by atoms with Crippen molar-refractivity contribution < 1.29 is 9.90 Å². The summed E-state index contributed by atoms with van der Waals surface area (Å²) in [5.74, 6) is -0.956. The van der Waals surface area contributed by atoms with E-state index in [0.29, 0.717) is 6.42 Å². The predicted octanol–water partition coefficient (Wildman–Crippen LogP) is 1.35. The van der Waals surface area contributed by atoms with E-state index < -0.39 is 5.97 Å². The number of hydrogen-bond donors (Lipinski definition) is 2. The van der Waals surface area contributed by atoms with Gasteiger partial charge in [-0.25, -0.2) is 4.79 Å². The second-order valence-electron chi connectivity index (χ2n) is 4.09. The van der Waals surface area contributed by atoms with Crippen molar-refractivity contribution in [3.63, 3.8) is 0 Å². The first-order valence-electron chi connectivity index (χ1n) is 4.16. The molecular weight excluding hydrogens is 168 g/mol. The van der Waals surface area contributed by atoms with E-state index in [9.17, 15) is 4.79 Å². The summed E-state index contributed by atoms with van der Waals surface area (Å²) < 4.78 is 0. The first-order valence-corrected chi connectivity index (χ1v) is 4.16. The Balaban J connectivity index is 2.76. The summed E-state index contributed by atoms with van der Waals surface area (Å²) in [5, 5.41) is 12.4. The summed E-state index contributed by atoms with van der Waals surface area (Å²) in [7, 11) is 0. The SMILES string of the molecule is CC(C)(C)C1=CNN=C(C(=O)O)C1. The van der Waals surface area contributed by atoms with E-state index in [1.54, 1.807) is 6.20 Å². The Bertz CT molecular complexity index is 284. The summed E-state index contributed by atoms with van der Waals surface area (Å²) in [6.45, 7) is 6.14. The van der Waals surface area contributed by atoms with Crippen LogP contribution in [-0.4, -0.2) is 16.8 Å². The zero-order valence-corrected chi connectivity index (χ0v) is 8.09. The summed E-state index contributed by atoms with van der Waals surface area (Å²) in [5.41, 5.74) is 3.84. The predicted molar refractivity (Wildman–Crippen MR) is 50.4 cm³/mol. The maximum Gasteiger partial charge on any atom is 0.352 e. The minimum atomic E-state index is -0.956. The lowest BCUT2D eigenvalue weighted by atomic mass is 9.83. The average Bonchev–Trinajstić information content (AvgIpc) is 2.03. The molecule has 0 fully saturated rings. The van der Waals surface area contributed by atoms with E-state index in [1.807, 2.05) is 20.8 Å². The number of allylic oxidation sites excluding steroid dienone is 1. The number of carboxylic acids is 1. The summed E-state index contributed by atoms with van der Waals surface area (Å²) >= 11 is 0. The number of hydrogen-bond acceptors (Lipinski definition) is 3. The number of nitrogens with zero attached hydrogens (tertiary/aromatic N) is 1. The summed E-state index contributed by atoms with van der Waals surface area (Å²) in [6, 6.07) is 0. The van der Waals surface area contributed by atoms with Crippen molar-refractivity contribution in [3.05, 3.63) is 11.8 Å². The maximum atomic E-state index is 10.6. The molecule has 0 aliphatic carbocycles. The van der Waals surface area contributed by atoms with Crippen LogP contribution in [0.1, 0.15) is 27.2 Å². The topological polar surface area (TPSA) is 61.7 Å². The number of nitrogens with one attached hydrogen (secondary N) is 1. The molecule has 0 radical (unpaired) electrons. The highest BCUT2D eigenvalue weighted by molar-refractivity contribution is 6.36. The number of aliphatic carboxylic acids is 1. The van der Waals surface area contributed by atoms with Crippen LogP contribution >= 0.6 is 0 Å². The standard InChI is InChI=1S/C9H14N2O2/c1-9(2,3)6-4-7(8(12)13)11-10-5-6/h5,10H,4H2,1-3H3,(H,12,13). The number of rotatable bonds is 1. The molecule has 0 aromatic rings. The Morgan fingerprint density at radius 3 is 2.69 bits per heavy atom. The molecule has 0 saturated heterocycles. The van der Waals surface area contributed by atoms with Crippen LogP contribution in [0, 0.1) is 5.41 Å². The first kappa shape index (κ1) is 9.77. The first-order chi connectivity index (χ1) is 5.91. The Labute approximate surface area is 77.3 Å². The monoisotopic (exact) mass is 182 g/mol. The van der Waals surface area contributed by atoms with E-state index in [-0.39, 0.29) is 11.1 Å². The van der Waals surface area contributed by atoms with Gasteiger partial charge in [0.05, 0.1) is 0 Å². The lowest BCUT2D eigenvalue weighted by Crippen LogP contribution is -2.25. The fraction of sp³-hybridized carbons (Fsp3) is 0.556. The number of carboxylic acid groups (broad SMARTS) is 1. The van der Waals surface area contributed by atoms with Gasteiger partial charge >= 0.3 is 5.97 Å². The molecule has 1 aliphatic rings. The van der Waals surface area contributed by atoms with Crippen molar-refractivity contribution in [1.82, 2.24) is 5.43 Å². The van der Waals surface area contributed by atoms with E-state index in [4.69, 9.17) is 5.11 Å². The van der Waals surface area contributed by atoms with Gasteiger partial charge in [0.2, 0.25) is 0 Å². The van der Waals surface area contributed by atoms with Gasteiger partial charge in [0.15, 0.2) is 0 Å². The molecular formula is C9H14N2O2. The molecule has 2 N–H and O–H groups in total. The molecule has 1 rings (SSSR count). The molecule has 13 heavy (non-hydrogen) atoms. The minimum Gasteiger partial charge on any atom is -0.477 e. The molecule has 0 spiro atoms. The molecule has 0 aromatic heterocycles. The van der Waals surface area contributed by atoms with E-state index in [1.165, 1.54) is 0 Å². The molecule has 0 amide bonds. The van der Waals surface area contributed by atoms with Gasteiger partial charge in [-0.1, -0.05) is 20.8 Å². The van der Waals surface area contributed by atoms with Crippen LogP contribution in [0.5, 0.6) is 0 Å². The largest absolute Gasteiger partial charge is 0.477 e. The molecule has 72 valence electrons. The minimum absolute atomic E-state index is 0.0103. The van der Waals surface area contributed by atoms with E-state index >= 15 is 0 Å². The average molecular weight is 182 g/mol. The van der Waals surface area contributed by atoms with Crippen LogP contribution in [0.15, 0.2) is 16.9 Å². The fourth-order valence-corrected chi connectivity index (χ4v) is 1.06. The van der Waals surface area contributed by atoms with Crippen LogP contribution in [-0.2, 0) is 4.79 Å². The zero-order valence-electron chi connectivity index (χ0n) is 8.09. The molecule has 4 nitrogen and oxygen atoms in total. The Morgan fingerprint density at radius 1 is 1.62 bits per heavy atom. The highest BCUT2D eigenvalue weighted by atomic mass is 16.4. The fourth-order valence-electron chi connectivity index (χ4n) is 1.06. The highest BCUT2D eigenvalue weighted by Gasteiger charge is 2.23. The summed E-state index contributed by atoms with van der Waals surface area (Å²) in [4.78, 5) is 10.6. The van der Waals surface area contributed by atoms with Gasteiger partial charge in [-0.2, -0.15) is 5.10 Å². The highest BCUT2D eigenvalue weighted by Crippen LogP contribution is 2.28. The molecule has 4 heteroatoms. The molecule has 0 atom stereocenters. The lowest BCUT2D eigenvalue weighted by Gasteiger charge is -2.24. The van der Waals surface area contributed by atoms with Gasteiger partial charge in [-0.3, -0.25) is 5.43 Å². The molecule has 0 aromatic carbocycles. The van der Waals surface area contributed by atoms with Crippen molar-refractivity contribution in [2.45, 2.75) is 27.2 Å². The number of hydrazone groups is 1. The third kappa shape index (κ3) is 2.31. The van der Waals surface area contributed by atoms with Crippen LogP contribution in [0.3, 0.4) is 0 Å². The quantitative estimate of drug-likeness (QED) is 0.643. The molecule has 1 heterocycles. The second-order valence-corrected chi connectivity index (χ2v) is 4.09. The maximum absolute atomic E-state index is 10.6. The van der Waals surface area contributed by atoms with Crippen LogP contribution in [0.4, 0.5) is 0 Å². The van der Waals surface area contributed by atoms with Gasteiger partial charge in [0, 0.05) is 12.6 Å². The van der Waals surface area contributed by atoms with Gasteiger partial charge in [-0.15, -0.1) is 0 Å². The Hall–Kier alpha value is -1.32. The van der Waals surface area contributed by atoms with Crippen LogP contribution < -0.4 is 5.43 Å². The van der Waals surface area contributed by atoms with Crippen LogP contribution in [0.25, 0.3) is 0 Å². The third-order valence-corrected chi connectivity index (χ3v) is 2.01. The molecule has 0 bridgehead atoms. The smallest absolute Gasteiger partial charge is 0.352 e. The van der Waals surface area contributed by atoms with E-state index in [2.05, 4.69) is 10.5 Å². The van der Waals surface area contributed by atoms with Crippen molar-refractivity contribution in [3.8, 4) is 0 Å². The third-order valence-electron chi connectivity index (χ3n) is 2.01. The Morgan fingerprint density at radius 2 is 2.23 bits per heavy atom. The van der Waals surface area contributed by atoms with Gasteiger partial charge < -0.3 is 5.11 Å². The molecule has 0 unspecified atom stereocenters. The summed E-state index contributed by atoms with van der Waals surface area (Å²) in [6.07, 6.45) is 2.19. The van der Waals surface area contributed by atoms with Gasteiger partial charge in [0.25, 0.3) is 0 Å². The van der Waals surface area contributed by atoms with Crippen molar-refractivity contribution in [2.24, 2.45) is 10.5 Å². The molecule has 0 saturated carbocycles. The number of carbonyl (C=O) groups is 1. The van der Waals surface area contributed by atoms with Crippen LogP contribution in [0.2, 0.25) is 0 Å². The normalized spacial score (nSPS) is 17.2.